The van der Waals surface area contributed by atoms with Crippen molar-refractivity contribution in [3.8, 4) is 11.5 Å². The fraction of sp³-hybridized carbons (Fsp3) is 0.420. The van der Waals surface area contributed by atoms with Gasteiger partial charge in [0.1, 0.15) is 11.5 Å². The molecule has 740 valence electrons. The van der Waals surface area contributed by atoms with Gasteiger partial charge in [-0.1, -0.05) is 217 Å². The van der Waals surface area contributed by atoms with Crippen LogP contribution < -0.4 is 98.7 Å². The van der Waals surface area contributed by atoms with Gasteiger partial charge in [0, 0.05) is 59.0 Å². The van der Waals surface area contributed by atoms with E-state index < -0.39 is 0 Å². The van der Waals surface area contributed by atoms with Crippen LogP contribution in [0.15, 0.2) is 220 Å². The summed E-state index contributed by atoms with van der Waals surface area (Å²) in [7, 11) is 1.61. The minimum atomic E-state index is 0.137. The average molecular weight is 2040 g/mol. The van der Waals surface area contributed by atoms with Gasteiger partial charge in [-0.15, -0.1) is 0 Å². The number of rotatable bonds is 31. The molecule has 9 rings (SSSR count). The first kappa shape index (κ1) is 122. The van der Waals surface area contributed by atoms with E-state index in [2.05, 4.69) is 274 Å². The molecular formula is C100H147ClN24O2S9. The highest BCUT2D eigenvalue weighted by Gasteiger charge is 2.29. The molecule has 2 fully saturated rings. The highest BCUT2D eigenvalue weighted by atomic mass is 35.5. The second-order valence-electron chi connectivity index (χ2n) is 33.9. The molecule has 24 N–H and O–H groups in total. The van der Waals surface area contributed by atoms with Crippen LogP contribution in [0.3, 0.4) is 0 Å². The Morgan fingerprint density at radius 3 is 1.61 bits per heavy atom. The first-order valence-corrected chi connectivity index (χ1v) is 50.1. The van der Waals surface area contributed by atoms with Gasteiger partial charge in [-0.05, 0) is 364 Å². The number of nitrogens with one attached hydrogen (secondary N) is 8. The summed E-state index contributed by atoms with van der Waals surface area (Å²) < 4.78 is 10.5. The van der Waals surface area contributed by atoms with E-state index in [1.54, 1.807) is 61.5 Å². The third-order valence-electron chi connectivity index (χ3n) is 21.5. The monoisotopic (exact) mass is 2040 g/mol. The number of halogens is 1. The Bertz CT molecular complexity index is 4960. The van der Waals surface area contributed by atoms with E-state index in [1.807, 2.05) is 150 Å². The van der Waals surface area contributed by atoms with Crippen molar-refractivity contribution in [3.63, 3.8) is 0 Å². The zero-order valence-corrected chi connectivity index (χ0v) is 89.8. The van der Waals surface area contributed by atoms with Crippen LogP contribution >= 0.6 is 121 Å². The van der Waals surface area contributed by atoms with Crippen molar-refractivity contribution in [2.75, 3.05) is 19.5 Å². The summed E-state index contributed by atoms with van der Waals surface area (Å²) >= 11 is 45.6. The van der Waals surface area contributed by atoms with Crippen molar-refractivity contribution in [3.05, 3.63) is 224 Å². The number of benzene rings is 5. The Morgan fingerprint density at radius 1 is 0.551 bits per heavy atom. The maximum Gasteiger partial charge on any atom is 0.184 e. The molecule has 0 spiro atoms. The highest BCUT2D eigenvalue weighted by Crippen LogP contribution is 2.43. The summed E-state index contributed by atoms with van der Waals surface area (Å²) in [6, 6.07) is 40.4. The summed E-state index contributed by atoms with van der Waals surface area (Å²) in [5.41, 5.74) is 80.1. The van der Waals surface area contributed by atoms with E-state index in [0.717, 1.165) is 97.5 Å². The van der Waals surface area contributed by atoms with E-state index in [0.29, 0.717) is 23.9 Å². The molecule has 136 heavy (non-hydrogen) atoms. The number of ether oxygens (including phenoxy) is 2. The molecule has 1 unspecified atom stereocenters. The fourth-order valence-corrected chi connectivity index (χ4v) is 16.1. The number of hydrogen-bond donors (Lipinski definition) is 16. The topological polar surface area (TPSA) is 422 Å². The third-order valence-corrected chi connectivity index (χ3v) is 23.6. The molecule has 0 aliphatic heterocycles. The lowest BCUT2D eigenvalue weighted by Gasteiger charge is -2.34. The van der Waals surface area contributed by atoms with Crippen molar-refractivity contribution in [2.45, 2.75) is 224 Å². The van der Waals surface area contributed by atoms with Gasteiger partial charge in [-0.25, -0.2) is 0 Å². The van der Waals surface area contributed by atoms with Gasteiger partial charge in [0.05, 0.1) is 25.6 Å². The van der Waals surface area contributed by atoms with E-state index in [4.69, 9.17) is 91.4 Å². The second-order valence-corrected chi connectivity index (χ2v) is 39.0. The van der Waals surface area contributed by atoms with Gasteiger partial charge in [0.15, 0.2) is 40.9 Å². The smallest absolute Gasteiger partial charge is 0.184 e. The van der Waals surface area contributed by atoms with Gasteiger partial charge in [-0.2, -0.15) is 52.6 Å². The molecule has 1 atom stereocenters. The Hall–Kier alpha value is -10.3. The minimum absolute atomic E-state index is 0.137. The summed E-state index contributed by atoms with van der Waals surface area (Å²) in [6.07, 6.45) is 45.3. The molecule has 2 saturated carbocycles. The lowest BCUT2D eigenvalue weighted by Crippen LogP contribution is -2.25. The largest absolute Gasteiger partial charge is 0.496 e. The Labute approximate surface area is 862 Å². The SMILES string of the molecule is C/C(CCSCc1ccccc1)=N\NC(N)=S.CC(/C=N/NC(N)=S)c1ccc(C2CCCCC2)c(Cl)c1.CC(C)C1CCC(/C=N/NC(N)=S)CC1.CC1=C(/C=C/C(C)=N/NC(N)=S)C(C)(C)CCC1.CC1=C(C/C=C(C)/C=N/NC(N)=S)C(C)(C)CCC1.CCOc1ccc(/C=C/C=N/NC(N)=S)cc1.COc1ccc(C)cc1/C=N/NC(N)=S.NC(=S)N/N=C/C=C/c1ccccc1. The lowest BCUT2D eigenvalue weighted by molar-refractivity contribution is 0.257. The quantitative estimate of drug-likeness (QED) is 0.00644. The highest BCUT2D eigenvalue weighted by molar-refractivity contribution is 7.98. The Morgan fingerprint density at radius 2 is 1.07 bits per heavy atom. The molecule has 0 heterocycles. The van der Waals surface area contributed by atoms with Crippen LogP contribution in [0.25, 0.3) is 12.2 Å². The van der Waals surface area contributed by atoms with Gasteiger partial charge in [-0.3, -0.25) is 43.4 Å². The molecule has 0 aromatic heterocycles. The molecule has 5 aromatic carbocycles. The van der Waals surface area contributed by atoms with Crippen molar-refractivity contribution >= 4 is 223 Å². The third kappa shape index (κ3) is 58.9. The molecular weight excluding hydrogens is 1890 g/mol. The van der Waals surface area contributed by atoms with Crippen molar-refractivity contribution in [2.24, 2.45) is 115 Å². The average Bonchev–Trinajstić information content (AvgIpc) is 0.825. The van der Waals surface area contributed by atoms with Crippen LogP contribution in [0.2, 0.25) is 5.02 Å². The zero-order valence-electron chi connectivity index (χ0n) is 81.6. The maximum absolute atomic E-state index is 6.49. The standard InChI is InChI=1S/C16H22ClN3S.C15H25N3S.C14H23N3S.C12H15N3OS.C12H17N3S2.C11H21N3S.C10H13N3OS.C10H11N3S/c1-11(10-19-20-16(18)21)13-7-8-14(15(17)9-13)12-5-3-2-4-6-12;1-11(10-17-18-14(16)19)7-8-13-12(2)6-5-9-15(13,3)4;1-10-6-5-9-14(3,4)12(10)8-7-11(2)16-17-13(15)18;1-2-16-11-7-5-10(6-8-11)4-3-9-14-15-12(13)17;1-10(14-15-12(13)16)7-8-17-9-11-5-3-2-4-6-11;1-8(2)10-5-3-9(4-6-10)7-13-14-11(12)15;1-7-3-4-9(14-2)8(5-7)6-12-13-10(11)15;11-10(14)13-12-8-4-7-9-5-2-1-3-6-9/h7-12H,2-6H2,1H3,(H3,18,20,21);7,10H,5-6,8-9H2,1-4H3,(H3,16,18,19);7-8H,5-6,9H2,1-4H3,(H3,15,17,18);3-9H,2H2,1H3,(H3,13,15,17);2-6H,7-9H2,1H3,(H3,13,15,16);7-10H,3-6H2,1-2H3,(H3,12,14,15);3-6H,1-2H3,(H3,11,13,15);1-8H,(H3,11,13,14)/b19-10+;11-7+,17-10+;8-7+,16-11+;4-3+,14-9+;14-10+;13-7+;12-6+;7-4+,12-8+. The summed E-state index contributed by atoms with van der Waals surface area (Å²) in [4.78, 5) is 0. The van der Waals surface area contributed by atoms with E-state index in [-0.39, 0.29) is 52.2 Å². The van der Waals surface area contributed by atoms with Gasteiger partial charge in [0.2, 0.25) is 0 Å². The summed E-state index contributed by atoms with van der Waals surface area (Å²) in [5.74, 6) is 6.81. The summed E-state index contributed by atoms with van der Waals surface area (Å²) in [5, 5.41) is 33.9. The molecule has 0 bridgehead atoms. The van der Waals surface area contributed by atoms with E-state index in [9.17, 15) is 0 Å². The number of hydrazone groups is 8. The predicted octanol–water partition coefficient (Wildman–Crippen LogP) is 20.7. The Kier molecular flexibility index (Phi) is 63.7. The first-order chi connectivity index (χ1) is 64.6. The van der Waals surface area contributed by atoms with Crippen LogP contribution in [-0.4, -0.2) is 109 Å². The van der Waals surface area contributed by atoms with Crippen LogP contribution in [0.4, 0.5) is 0 Å². The second kappa shape index (κ2) is 71.2. The van der Waals surface area contributed by atoms with Gasteiger partial charge in [0.25, 0.3) is 0 Å². The fourth-order valence-electron chi connectivity index (χ4n) is 14.4. The van der Waals surface area contributed by atoms with E-state index in [1.165, 1.54) is 119 Å². The zero-order chi connectivity index (χ0) is 101. The minimum Gasteiger partial charge on any atom is -0.496 e. The van der Waals surface area contributed by atoms with Gasteiger partial charge >= 0.3 is 0 Å². The molecule has 36 heteroatoms. The number of hydrogen-bond acceptors (Lipinski definition) is 19. The number of nitrogens with two attached hydrogens (primary N) is 8. The van der Waals surface area contributed by atoms with Crippen LogP contribution in [-0.2, 0) is 5.75 Å². The van der Waals surface area contributed by atoms with E-state index >= 15 is 0 Å². The predicted molar refractivity (Wildman–Crippen MR) is 617 cm³/mol. The number of thiocarbonyl (C=S) groups is 8. The maximum atomic E-state index is 6.49. The summed E-state index contributed by atoms with van der Waals surface area (Å²) in [6.45, 7) is 31.0. The van der Waals surface area contributed by atoms with Gasteiger partial charge < -0.3 is 55.3 Å². The molecule has 4 aliphatic rings. The number of nitrogens with zero attached hydrogens (tertiary/aromatic N) is 8. The normalized spacial score (nSPS) is 16.2. The molecule has 0 radical (unpaired) electrons. The molecule has 4 aliphatic carbocycles. The number of thioether (sulfide) groups is 1. The number of aryl methyl sites for hydroxylation is 1. The number of allylic oxidation sites excluding steroid dienone is 10. The van der Waals surface area contributed by atoms with Crippen molar-refractivity contribution < 1.29 is 9.47 Å². The Balaban J connectivity index is 0.000000527. The molecule has 26 nitrogen and oxygen atoms in total. The molecule has 0 saturated heterocycles. The first-order valence-electron chi connectivity index (χ1n) is 45.3. The van der Waals surface area contributed by atoms with Crippen LogP contribution in [0.5, 0.6) is 11.5 Å². The van der Waals surface area contributed by atoms with Crippen LogP contribution in [0, 0.1) is 35.5 Å². The molecule has 5 aromatic rings. The number of methoxy groups -OCH3 is 1. The van der Waals surface area contributed by atoms with Crippen molar-refractivity contribution in [1.82, 2.24) is 43.4 Å². The van der Waals surface area contributed by atoms with Crippen molar-refractivity contribution in [1.29, 1.82) is 0 Å². The van der Waals surface area contributed by atoms with Crippen LogP contribution in [0.1, 0.15) is 250 Å². The molecule has 0 amide bonds. The lowest BCUT2D eigenvalue weighted by atomic mass is 9.71.